The van der Waals surface area contributed by atoms with Crippen molar-refractivity contribution in [3.63, 3.8) is 0 Å². The van der Waals surface area contributed by atoms with E-state index in [-0.39, 0.29) is 25.0 Å². The van der Waals surface area contributed by atoms with E-state index in [9.17, 15) is 14.4 Å². The first-order valence-electron chi connectivity index (χ1n) is 8.89. The van der Waals surface area contributed by atoms with Crippen LogP contribution in [0, 0.1) is 0 Å². The smallest absolute Gasteiger partial charge is 0.323 e. The molecule has 0 radical (unpaired) electrons. The van der Waals surface area contributed by atoms with Gasteiger partial charge in [0.25, 0.3) is 5.91 Å². The molecule has 2 N–H and O–H groups in total. The van der Waals surface area contributed by atoms with E-state index in [1.54, 1.807) is 23.1 Å². The highest BCUT2D eigenvalue weighted by atomic mass is 79.9. The van der Waals surface area contributed by atoms with E-state index in [4.69, 9.17) is 16.7 Å². The number of hydrogen-bond acceptors (Lipinski definition) is 3. The molecular weight excluding hydrogens is 462 g/mol. The van der Waals surface area contributed by atoms with E-state index in [1.165, 1.54) is 4.90 Å². The first-order valence-corrected chi connectivity index (χ1v) is 10.1. The molecule has 2 aromatic carbocycles. The molecule has 7 nitrogen and oxygen atoms in total. The Hall–Kier alpha value is -2.58. The normalized spacial score (nSPS) is 16.0. The van der Waals surface area contributed by atoms with Crippen LogP contribution in [-0.4, -0.2) is 47.0 Å². The number of nitrogens with zero attached hydrogens (tertiary/aromatic N) is 2. The monoisotopic (exact) mass is 479 g/mol. The van der Waals surface area contributed by atoms with Crippen molar-refractivity contribution >= 4 is 51.1 Å². The van der Waals surface area contributed by atoms with Gasteiger partial charge in [-0.2, -0.15) is 0 Å². The molecule has 0 saturated heterocycles. The minimum atomic E-state index is -1.12. The number of urea groups is 1. The Morgan fingerprint density at radius 2 is 1.97 bits per heavy atom. The van der Waals surface area contributed by atoms with Crippen molar-refractivity contribution in [3.05, 3.63) is 63.1 Å². The van der Waals surface area contributed by atoms with Crippen LogP contribution < -0.4 is 10.2 Å². The summed E-state index contributed by atoms with van der Waals surface area (Å²) in [5.41, 5.74) is 1.83. The van der Waals surface area contributed by atoms with Gasteiger partial charge in [-0.15, -0.1) is 0 Å². The lowest BCUT2D eigenvalue weighted by Crippen LogP contribution is -2.49. The largest absolute Gasteiger partial charge is 0.480 e. The zero-order chi connectivity index (χ0) is 21.1. The van der Waals surface area contributed by atoms with Crippen LogP contribution >= 0.6 is 27.5 Å². The molecule has 29 heavy (non-hydrogen) atoms. The number of rotatable bonds is 3. The van der Waals surface area contributed by atoms with Crippen LogP contribution in [0.15, 0.2) is 46.9 Å². The number of hydrogen-bond donors (Lipinski definition) is 2. The molecule has 1 atom stereocenters. The van der Waals surface area contributed by atoms with Crippen molar-refractivity contribution in [1.29, 1.82) is 0 Å². The maximum absolute atomic E-state index is 13.3. The standard InChI is InChI=1S/C20H19BrClN3O4/c1-12-10-25(19(28)15-7-6-14(21)8-16(15)22)17-5-3-2-4-13(17)11-24(12)20(29)23-9-18(26)27/h2-8,12H,9-11H2,1H3,(H,23,29)(H,26,27)/t12-/m1/s1. The highest BCUT2D eigenvalue weighted by Crippen LogP contribution is 2.30. The number of nitrogens with one attached hydrogen (secondary N) is 1. The second-order valence-electron chi connectivity index (χ2n) is 6.70. The molecule has 3 amide bonds. The Morgan fingerprint density at radius 1 is 1.24 bits per heavy atom. The van der Waals surface area contributed by atoms with E-state index >= 15 is 0 Å². The number of benzene rings is 2. The Balaban J connectivity index is 1.95. The lowest BCUT2D eigenvalue weighted by molar-refractivity contribution is -0.135. The zero-order valence-electron chi connectivity index (χ0n) is 15.6. The van der Waals surface area contributed by atoms with Crippen molar-refractivity contribution in [2.75, 3.05) is 18.0 Å². The summed E-state index contributed by atoms with van der Waals surface area (Å²) in [7, 11) is 0. The lowest BCUT2D eigenvalue weighted by Gasteiger charge is -2.29. The second-order valence-corrected chi connectivity index (χ2v) is 8.02. The molecule has 0 aliphatic carbocycles. The van der Waals surface area contributed by atoms with Crippen LogP contribution in [0.1, 0.15) is 22.8 Å². The number of aliphatic carboxylic acids is 1. The lowest BCUT2D eigenvalue weighted by atomic mass is 10.1. The minimum Gasteiger partial charge on any atom is -0.480 e. The van der Waals surface area contributed by atoms with Crippen LogP contribution in [0.2, 0.25) is 5.02 Å². The molecule has 0 fully saturated rings. The summed E-state index contributed by atoms with van der Waals surface area (Å²) in [6, 6.07) is 11.5. The number of carbonyl (C=O) groups is 3. The van der Waals surface area contributed by atoms with Crippen molar-refractivity contribution in [1.82, 2.24) is 10.2 Å². The number of carboxylic acid groups (broad SMARTS) is 1. The molecule has 1 aliphatic rings. The fourth-order valence-electron chi connectivity index (χ4n) is 3.23. The molecule has 2 aromatic rings. The van der Waals surface area contributed by atoms with Gasteiger partial charge in [-0.05, 0) is 36.8 Å². The topological polar surface area (TPSA) is 90.0 Å². The number of carbonyl (C=O) groups excluding carboxylic acids is 2. The van der Waals surface area contributed by atoms with E-state index in [1.807, 2.05) is 31.2 Å². The molecule has 9 heteroatoms. The van der Waals surface area contributed by atoms with E-state index in [2.05, 4.69) is 21.2 Å². The molecule has 0 unspecified atom stereocenters. The zero-order valence-corrected chi connectivity index (χ0v) is 17.9. The van der Waals surface area contributed by atoms with Gasteiger partial charge in [0.15, 0.2) is 0 Å². The Morgan fingerprint density at radius 3 is 2.66 bits per heavy atom. The number of para-hydroxylation sites is 1. The third kappa shape index (κ3) is 4.71. The average Bonchev–Trinajstić information content (AvgIpc) is 2.82. The highest BCUT2D eigenvalue weighted by Gasteiger charge is 2.32. The predicted molar refractivity (Wildman–Crippen MR) is 113 cm³/mol. The van der Waals surface area contributed by atoms with E-state index in [0.717, 1.165) is 10.0 Å². The SMILES string of the molecule is C[C@@H]1CN(C(=O)c2ccc(Br)cc2Cl)c2ccccc2CN1C(=O)NCC(=O)O. The fourth-order valence-corrected chi connectivity index (χ4v) is 3.99. The first kappa shape index (κ1) is 21.1. The summed E-state index contributed by atoms with van der Waals surface area (Å²) in [6.45, 7) is 1.83. The maximum Gasteiger partial charge on any atom is 0.323 e. The highest BCUT2D eigenvalue weighted by molar-refractivity contribution is 9.10. The van der Waals surface area contributed by atoms with Gasteiger partial charge >= 0.3 is 12.0 Å². The molecule has 1 heterocycles. The van der Waals surface area contributed by atoms with Gasteiger partial charge in [0.05, 0.1) is 10.6 Å². The van der Waals surface area contributed by atoms with Gasteiger partial charge in [-0.25, -0.2) is 4.79 Å². The van der Waals surface area contributed by atoms with Gasteiger partial charge in [-0.1, -0.05) is 45.7 Å². The molecular formula is C20H19BrClN3O4. The van der Waals surface area contributed by atoms with Gasteiger partial charge in [0.1, 0.15) is 6.54 Å². The molecule has 1 aliphatic heterocycles. The fraction of sp³-hybridized carbons (Fsp3) is 0.250. The van der Waals surface area contributed by atoms with Crippen molar-refractivity contribution < 1.29 is 19.5 Å². The average molecular weight is 481 g/mol. The third-order valence-electron chi connectivity index (χ3n) is 4.66. The van der Waals surface area contributed by atoms with Gasteiger partial charge in [-0.3, -0.25) is 9.59 Å². The third-order valence-corrected chi connectivity index (χ3v) is 5.47. The molecule has 0 saturated carbocycles. The number of fused-ring (bicyclic) bond motifs is 1. The molecule has 152 valence electrons. The minimum absolute atomic E-state index is 0.239. The summed E-state index contributed by atoms with van der Waals surface area (Å²) < 4.78 is 0.768. The maximum atomic E-state index is 13.3. The molecule has 0 aromatic heterocycles. The number of halogens is 2. The van der Waals surface area contributed by atoms with Crippen LogP contribution in [0.25, 0.3) is 0 Å². The number of amides is 3. The Kier molecular flexibility index (Phi) is 6.44. The summed E-state index contributed by atoms with van der Waals surface area (Å²) in [6.07, 6.45) is 0. The summed E-state index contributed by atoms with van der Waals surface area (Å²) in [4.78, 5) is 39.8. The van der Waals surface area contributed by atoms with Gasteiger partial charge in [0, 0.05) is 29.3 Å². The van der Waals surface area contributed by atoms with Gasteiger partial charge in [0.2, 0.25) is 0 Å². The van der Waals surface area contributed by atoms with Crippen LogP contribution in [0.5, 0.6) is 0 Å². The second kappa shape index (κ2) is 8.84. The first-order chi connectivity index (χ1) is 13.8. The molecule has 0 bridgehead atoms. The van der Waals surface area contributed by atoms with E-state index in [0.29, 0.717) is 16.3 Å². The summed E-state index contributed by atoms with van der Waals surface area (Å²) >= 11 is 9.63. The molecule has 3 rings (SSSR count). The predicted octanol–water partition coefficient (Wildman–Crippen LogP) is 3.75. The van der Waals surface area contributed by atoms with E-state index < -0.39 is 18.5 Å². The molecule has 0 spiro atoms. The summed E-state index contributed by atoms with van der Waals surface area (Å²) in [5, 5.41) is 11.5. The quantitative estimate of drug-likeness (QED) is 0.700. The number of carboxylic acids is 1. The van der Waals surface area contributed by atoms with Crippen LogP contribution in [0.3, 0.4) is 0 Å². The Bertz CT molecular complexity index is 968. The Labute approximate surface area is 181 Å². The summed E-state index contributed by atoms with van der Waals surface area (Å²) in [5.74, 6) is -1.39. The van der Waals surface area contributed by atoms with Crippen molar-refractivity contribution in [2.24, 2.45) is 0 Å². The van der Waals surface area contributed by atoms with Crippen molar-refractivity contribution in [2.45, 2.75) is 19.5 Å². The van der Waals surface area contributed by atoms with Crippen molar-refractivity contribution in [3.8, 4) is 0 Å². The number of anilines is 1. The van der Waals surface area contributed by atoms with Crippen LogP contribution in [0.4, 0.5) is 10.5 Å². The van der Waals surface area contributed by atoms with Crippen LogP contribution in [-0.2, 0) is 11.3 Å². The van der Waals surface area contributed by atoms with Gasteiger partial charge < -0.3 is 20.2 Å².